The fourth-order valence-electron chi connectivity index (χ4n) is 3.79. The highest BCUT2D eigenvalue weighted by Crippen LogP contribution is 2.30. The minimum absolute atomic E-state index is 0.194. The number of hydrogen-bond donors (Lipinski definition) is 0. The molecular formula is C35H62O19. The minimum Gasteiger partial charge on any atom is -0.433 e. The lowest BCUT2D eigenvalue weighted by atomic mass is 9.86. The fourth-order valence-corrected chi connectivity index (χ4v) is 3.79. The molecule has 0 N–H and O–H groups in total. The van der Waals surface area contributed by atoms with E-state index in [1.807, 2.05) is 0 Å². The Morgan fingerprint density at radius 2 is 0.519 bits per heavy atom. The van der Waals surface area contributed by atoms with Gasteiger partial charge in [-0.25, -0.2) is 24.0 Å². The Labute approximate surface area is 317 Å². The second-order valence-corrected chi connectivity index (χ2v) is 16.6. The van der Waals surface area contributed by atoms with Crippen molar-refractivity contribution in [3.8, 4) is 0 Å². The zero-order valence-corrected chi connectivity index (χ0v) is 34.3. The largest absolute Gasteiger partial charge is 0.540 e. The van der Waals surface area contributed by atoms with Gasteiger partial charge in [-0.05, 0) is 95.9 Å². The van der Waals surface area contributed by atoms with Crippen molar-refractivity contribution in [2.45, 2.75) is 145 Å². The molecule has 19 nitrogen and oxygen atoms in total. The normalized spacial score (nSPS) is 12.6. The van der Waals surface area contributed by atoms with E-state index in [1.165, 1.54) is 0 Å². The summed E-state index contributed by atoms with van der Waals surface area (Å²) < 4.78 is 31.9. The lowest BCUT2D eigenvalue weighted by Gasteiger charge is -2.33. The SMILES string of the molecule is CCCC(COC(=O)OCC(CCC)(COC(=O)OOC(C)(C)C)COC(=O)OOC(C)(C)C)(COC(=O)OOC(C)(C)C)COC(=O)OOC(C)(C)C. The molecule has 0 aliphatic heterocycles. The van der Waals surface area contributed by atoms with Gasteiger partial charge in [0, 0.05) is 0 Å². The molecule has 0 aromatic rings. The quantitative estimate of drug-likeness (QED) is 0.0491. The van der Waals surface area contributed by atoms with Crippen molar-refractivity contribution >= 4 is 30.8 Å². The molecular weight excluding hydrogens is 724 g/mol. The van der Waals surface area contributed by atoms with Crippen molar-refractivity contribution in [1.82, 2.24) is 0 Å². The third-order valence-electron chi connectivity index (χ3n) is 5.98. The van der Waals surface area contributed by atoms with Crippen LogP contribution in [0.1, 0.15) is 123 Å². The third kappa shape index (κ3) is 26.0. The van der Waals surface area contributed by atoms with Gasteiger partial charge in [0.25, 0.3) is 0 Å². The van der Waals surface area contributed by atoms with Crippen LogP contribution in [0.4, 0.5) is 24.0 Å². The van der Waals surface area contributed by atoms with Crippen LogP contribution in [0.2, 0.25) is 0 Å². The summed E-state index contributed by atoms with van der Waals surface area (Å²) in [6.45, 7) is 20.5. The van der Waals surface area contributed by atoms with Crippen LogP contribution in [-0.4, -0.2) is 92.8 Å². The van der Waals surface area contributed by atoms with Crippen LogP contribution in [0.25, 0.3) is 0 Å². The predicted octanol–water partition coefficient (Wildman–Crippen LogP) is 8.25. The first-order valence-corrected chi connectivity index (χ1v) is 17.5. The Morgan fingerprint density at radius 1 is 0.333 bits per heavy atom. The minimum atomic E-state index is -1.34. The molecule has 0 unspecified atom stereocenters. The highest BCUT2D eigenvalue weighted by Gasteiger charge is 2.39. The van der Waals surface area contributed by atoms with Gasteiger partial charge in [-0.15, -0.1) is 0 Å². The van der Waals surface area contributed by atoms with Gasteiger partial charge in [0.05, 0.1) is 10.8 Å². The lowest BCUT2D eigenvalue weighted by molar-refractivity contribution is -0.315. The molecule has 0 aromatic heterocycles. The summed E-state index contributed by atoms with van der Waals surface area (Å²) in [4.78, 5) is 101. The number of ether oxygens (including phenoxy) is 6. The lowest BCUT2D eigenvalue weighted by Crippen LogP contribution is -2.42. The standard InChI is InChI=1S/C35H62O19/c1-15-17-34(21-43-26(37)47-51-30(3,4)5,22-44-27(38)48-52-31(6,7)8)19-41-25(36)42-20-35(18-16-2,23-45-28(39)49-53-32(9,10)11)24-46-29(40)50-54-33(12,13)14/h15-24H2,1-14H3. The molecule has 0 spiro atoms. The summed E-state index contributed by atoms with van der Waals surface area (Å²) in [7, 11) is 0. The van der Waals surface area contributed by atoms with E-state index in [-0.39, 0.29) is 12.8 Å². The molecule has 0 bridgehead atoms. The van der Waals surface area contributed by atoms with Gasteiger partial charge < -0.3 is 28.4 Å². The van der Waals surface area contributed by atoms with Crippen molar-refractivity contribution in [2.75, 3.05) is 39.6 Å². The molecule has 0 saturated heterocycles. The average Bonchev–Trinajstić information content (AvgIpc) is 3.04. The maximum absolute atomic E-state index is 13.1. The maximum Gasteiger partial charge on any atom is 0.540 e. The second-order valence-electron chi connectivity index (χ2n) is 16.6. The molecule has 0 atom stereocenters. The molecule has 0 amide bonds. The van der Waals surface area contributed by atoms with Crippen molar-refractivity contribution < 1.29 is 91.5 Å². The van der Waals surface area contributed by atoms with E-state index in [0.717, 1.165) is 0 Å². The molecule has 0 radical (unpaired) electrons. The topological polar surface area (TPSA) is 215 Å². The monoisotopic (exact) mass is 786 g/mol. The first-order valence-electron chi connectivity index (χ1n) is 17.5. The van der Waals surface area contributed by atoms with Crippen LogP contribution in [0.15, 0.2) is 0 Å². The Bertz CT molecular complexity index is 1000. The molecule has 0 heterocycles. The van der Waals surface area contributed by atoms with E-state index in [4.69, 9.17) is 67.5 Å². The summed E-state index contributed by atoms with van der Waals surface area (Å²) in [6, 6.07) is 0. The number of hydrogen-bond acceptors (Lipinski definition) is 19. The zero-order chi connectivity index (χ0) is 41.9. The Kier molecular flexibility index (Phi) is 20.9. The summed E-state index contributed by atoms with van der Waals surface area (Å²) in [6.07, 6.45) is -4.73. The Balaban J connectivity index is 6.05. The van der Waals surface area contributed by atoms with E-state index in [1.54, 1.807) is 96.9 Å². The summed E-state index contributed by atoms with van der Waals surface area (Å²) >= 11 is 0. The number of rotatable bonds is 20. The van der Waals surface area contributed by atoms with Gasteiger partial charge >= 0.3 is 30.8 Å². The van der Waals surface area contributed by atoms with Gasteiger partial charge in [-0.3, -0.25) is 19.6 Å². The smallest absolute Gasteiger partial charge is 0.433 e. The Morgan fingerprint density at radius 3 is 0.685 bits per heavy atom. The second kappa shape index (κ2) is 22.5. The van der Waals surface area contributed by atoms with Gasteiger partial charge in [-0.1, -0.05) is 26.7 Å². The Hall–Kier alpha value is -3.81. The molecule has 0 fully saturated rings. The van der Waals surface area contributed by atoms with Crippen molar-refractivity contribution in [2.24, 2.45) is 10.8 Å². The van der Waals surface area contributed by atoms with E-state index in [9.17, 15) is 24.0 Å². The van der Waals surface area contributed by atoms with E-state index < -0.39 is 104 Å². The van der Waals surface area contributed by atoms with Gasteiger partial charge in [0.1, 0.15) is 62.0 Å². The molecule has 0 aromatic carbocycles. The van der Waals surface area contributed by atoms with E-state index in [0.29, 0.717) is 12.8 Å². The summed E-state index contributed by atoms with van der Waals surface area (Å²) in [5.74, 6) is 0. The van der Waals surface area contributed by atoms with Crippen LogP contribution < -0.4 is 0 Å². The highest BCUT2D eigenvalue weighted by molar-refractivity contribution is 5.61. The maximum atomic E-state index is 13.1. The molecule has 54 heavy (non-hydrogen) atoms. The fraction of sp³-hybridized carbons (Fsp3) is 0.857. The van der Waals surface area contributed by atoms with Gasteiger partial charge in [0.2, 0.25) is 0 Å². The van der Waals surface area contributed by atoms with Crippen LogP contribution >= 0.6 is 0 Å². The first kappa shape index (κ1) is 50.2. The first-order chi connectivity index (χ1) is 24.6. The molecule has 0 rings (SSSR count). The van der Waals surface area contributed by atoms with Crippen LogP contribution in [0, 0.1) is 10.8 Å². The zero-order valence-electron chi connectivity index (χ0n) is 34.3. The molecule has 0 aliphatic rings. The average molecular weight is 787 g/mol. The molecule has 0 aliphatic carbocycles. The third-order valence-corrected chi connectivity index (χ3v) is 5.98. The van der Waals surface area contributed by atoms with Crippen LogP contribution in [-0.2, 0) is 67.5 Å². The van der Waals surface area contributed by atoms with Crippen molar-refractivity contribution in [3.05, 3.63) is 0 Å². The van der Waals surface area contributed by atoms with Crippen molar-refractivity contribution in [3.63, 3.8) is 0 Å². The van der Waals surface area contributed by atoms with Crippen molar-refractivity contribution in [1.29, 1.82) is 0 Å². The van der Waals surface area contributed by atoms with Gasteiger partial charge in [-0.2, -0.15) is 19.6 Å². The molecule has 19 heteroatoms. The number of carbonyl (C=O) groups is 5. The number of carbonyl (C=O) groups excluding carboxylic acids is 5. The van der Waals surface area contributed by atoms with Crippen LogP contribution in [0.5, 0.6) is 0 Å². The summed E-state index contributed by atoms with van der Waals surface area (Å²) in [5, 5.41) is 0. The molecule has 0 saturated carbocycles. The van der Waals surface area contributed by atoms with Gasteiger partial charge in [0.15, 0.2) is 0 Å². The molecule has 316 valence electrons. The van der Waals surface area contributed by atoms with Crippen LogP contribution in [0.3, 0.4) is 0 Å². The summed E-state index contributed by atoms with van der Waals surface area (Å²) in [5.41, 5.74) is -6.02. The predicted molar refractivity (Wildman–Crippen MR) is 185 cm³/mol. The highest BCUT2D eigenvalue weighted by atomic mass is 17.3. The van der Waals surface area contributed by atoms with E-state index in [2.05, 4.69) is 0 Å². The van der Waals surface area contributed by atoms with E-state index >= 15 is 0 Å².